The van der Waals surface area contributed by atoms with E-state index < -0.39 is 0 Å². The van der Waals surface area contributed by atoms with Crippen LogP contribution in [0.2, 0.25) is 0 Å². The van der Waals surface area contributed by atoms with Crippen LogP contribution < -0.4 is 0 Å². The second-order valence-corrected chi connectivity index (χ2v) is 2.41. The highest BCUT2D eigenvalue weighted by atomic mass is 16.3. The lowest BCUT2D eigenvalue weighted by Gasteiger charge is -1.90. The Labute approximate surface area is 60.3 Å². The van der Waals surface area contributed by atoms with Crippen molar-refractivity contribution in [3.8, 4) is 0 Å². The molecule has 0 bridgehead atoms. The maximum Gasteiger partial charge on any atom is 0.0676 e. The fourth-order valence-corrected chi connectivity index (χ4v) is 1.01. The highest BCUT2D eigenvalue weighted by Gasteiger charge is 2.00. The molecule has 0 aromatic carbocycles. The van der Waals surface area contributed by atoms with Crippen LogP contribution in [-0.2, 0) is 13.5 Å². The first-order valence-corrected chi connectivity index (χ1v) is 3.34. The number of hydrogen-bond acceptors (Lipinski definition) is 2. The van der Waals surface area contributed by atoms with Gasteiger partial charge in [0, 0.05) is 26.3 Å². The number of rotatable bonds is 2. The van der Waals surface area contributed by atoms with Gasteiger partial charge in [0.2, 0.25) is 0 Å². The number of hydrogen-bond donors (Lipinski definition) is 1. The third-order valence-corrected chi connectivity index (χ3v) is 1.46. The molecule has 0 amide bonds. The fourth-order valence-electron chi connectivity index (χ4n) is 1.01. The molecule has 3 heteroatoms. The van der Waals surface area contributed by atoms with Gasteiger partial charge >= 0.3 is 0 Å². The number of aromatic nitrogens is 2. The Kier molecular flexibility index (Phi) is 2.06. The molecule has 0 saturated carbocycles. The zero-order valence-corrected chi connectivity index (χ0v) is 6.33. The van der Waals surface area contributed by atoms with Crippen molar-refractivity contribution in [2.24, 2.45) is 7.05 Å². The highest BCUT2D eigenvalue weighted by molar-refractivity contribution is 5.14. The number of aliphatic hydroxyl groups is 1. The van der Waals surface area contributed by atoms with Crippen molar-refractivity contribution in [1.82, 2.24) is 9.78 Å². The van der Waals surface area contributed by atoms with Crippen LogP contribution >= 0.6 is 0 Å². The number of aliphatic hydroxyl groups excluding tert-OH is 1. The molecule has 1 aromatic heterocycles. The second-order valence-electron chi connectivity index (χ2n) is 2.41. The largest absolute Gasteiger partial charge is 0.396 e. The van der Waals surface area contributed by atoms with E-state index in [2.05, 4.69) is 5.10 Å². The van der Waals surface area contributed by atoms with E-state index in [-0.39, 0.29) is 6.61 Å². The normalized spacial score (nSPS) is 10.3. The van der Waals surface area contributed by atoms with E-state index in [9.17, 15) is 0 Å². The van der Waals surface area contributed by atoms with Crippen LogP contribution in [0.1, 0.15) is 11.3 Å². The van der Waals surface area contributed by atoms with Crippen LogP contribution in [0.4, 0.5) is 0 Å². The average Bonchev–Trinajstić information content (AvgIpc) is 2.13. The summed E-state index contributed by atoms with van der Waals surface area (Å²) in [5.41, 5.74) is 2.14. The van der Waals surface area contributed by atoms with Crippen LogP contribution in [0.25, 0.3) is 0 Å². The summed E-state index contributed by atoms with van der Waals surface area (Å²) in [6.45, 7) is 2.18. The number of nitrogens with zero attached hydrogens (tertiary/aromatic N) is 2. The van der Waals surface area contributed by atoms with Crippen molar-refractivity contribution in [2.75, 3.05) is 6.61 Å². The third kappa shape index (κ3) is 1.36. The van der Waals surface area contributed by atoms with Gasteiger partial charge in [0.25, 0.3) is 0 Å². The summed E-state index contributed by atoms with van der Waals surface area (Å²) in [7, 11) is 1.88. The fraction of sp³-hybridized carbons (Fsp3) is 0.571. The zero-order valence-electron chi connectivity index (χ0n) is 6.33. The maximum atomic E-state index is 8.60. The zero-order chi connectivity index (χ0) is 7.56. The minimum Gasteiger partial charge on any atom is -0.396 e. The lowest BCUT2D eigenvalue weighted by Crippen LogP contribution is -1.95. The molecule has 0 radical (unpaired) electrons. The molecule has 0 aliphatic heterocycles. The van der Waals surface area contributed by atoms with E-state index in [1.54, 1.807) is 4.68 Å². The standard InChI is InChI=1S/C7H12N2O/c1-6-5-9(2)8-7(6)3-4-10/h5,10H,3-4H2,1-2H3. The second kappa shape index (κ2) is 2.84. The molecule has 0 aliphatic rings. The summed E-state index contributed by atoms with van der Waals surface area (Å²) in [5.74, 6) is 0. The van der Waals surface area contributed by atoms with Crippen LogP contribution in [0.3, 0.4) is 0 Å². The van der Waals surface area contributed by atoms with E-state index in [1.165, 1.54) is 0 Å². The highest BCUT2D eigenvalue weighted by Crippen LogP contribution is 2.03. The molecular formula is C7H12N2O. The Morgan fingerprint density at radius 2 is 2.40 bits per heavy atom. The van der Waals surface area contributed by atoms with Gasteiger partial charge in [-0.1, -0.05) is 0 Å². The van der Waals surface area contributed by atoms with E-state index >= 15 is 0 Å². The monoisotopic (exact) mass is 140 g/mol. The average molecular weight is 140 g/mol. The Morgan fingerprint density at radius 1 is 1.70 bits per heavy atom. The summed E-state index contributed by atoms with van der Waals surface area (Å²) in [5, 5.41) is 12.8. The lowest BCUT2D eigenvalue weighted by atomic mass is 10.2. The van der Waals surface area contributed by atoms with Gasteiger partial charge in [-0.15, -0.1) is 0 Å². The smallest absolute Gasteiger partial charge is 0.0676 e. The van der Waals surface area contributed by atoms with Gasteiger partial charge in [-0.3, -0.25) is 4.68 Å². The molecule has 1 rings (SSSR count). The van der Waals surface area contributed by atoms with Crippen molar-refractivity contribution in [3.05, 3.63) is 17.5 Å². The maximum absolute atomic E-state index is 8.60. The van der Waals surface area contributed by atoms with Crippen LogP contribution in [0, 0.1) is 6.92 Å². The van der Waals surface area contributed by atoms with Gasteiger partial charge in [0.05, 0.1) is 5.69 Å². The Hall–Kier alpha value is -0.830. The molecule has 1 aromatic rings. The SMILES string of the molecule is Cc1cn(C)nc1CCO. The molecule has 0 unspecified atom stereocenters. The topological polar surface area (TPSA) is 38.0 Å². The molecule has 10 heavy (non-hydrogen) atoms. The first-order valence-electron chi connectivity index (χ1n) is 3.34. The summed E-state index contributed by atoms with van der Waals surface area (Å²) >= 11 is 0. The van der Waals surface area contributed by atoms with E-state index in [4.69, 9.17) is 5.11 Å². The number of aryl methyl sites for hydroxylation is 2. The molecule has 1 N–H and O–H groups in total. The van der Waals surface area contributed by atoms with Crippen molar-refractivity contribution < 1.29 is 5.11 Å². The van der Waals surface area contributed by atoms with E-state index in [1.807, 2.05) is 20.2 Å². The van der Waals surface area contributed by atoms with E-state index in [0.717, 1.165) is 11.3 Å². The van der Waals surface area contributed by atoms with E-state index in [0.29, 0.717) is 6.42 Å². The summed E-state index contributed by atoms with van der Waals surface area (Å²) in [6.07, 6.45) is 2.61. The minimum absolute atomic E-state index is 0.178. The molecule has 1 heterocycles. The summed E-state index contributed by atoms with van der Waals surface area (Å²) in [4.78, 5) is 0. The Bertz CT molecular complexity index is 217. The van der Waals surface area contributed by atoms with Gasteiger partial charge in [-0.05, 0) is 12.5 Å². The molecule has 0 saturated heterocycles. The molecule has 3 nitrogen and oxygen atoms in total. The molecule has 0 atom stereocenters. The van der Waals surface area contributed by atoms with Gasteiger partial charge in [-0.25, -0.2) is 0 Å². The summed E-state index contributed by atoms with van der Waals surface area (Å²) in [6, 6.07) is 0. The van der Waals surface area contributed by atoms with Crippen molar-refractivity contribution in [3.63, 3.8) is 0 Å². The summed E-state index contributed by atoms with van der Waals surface area (Å²) < 4.78 is 1.76. The van der Waals surface area contributed by atoms with Gasteiger partial charge in [0.1, 0.15) is 0 Å². The lowest BCUT2D eigenvalue weighted by molar-refractivity contribution is 0.297. The predicted octanol–water partition coefficient (Wildman–Crippen LogP) is 0.263. The van der Waals surface area contributed by atoms with Crippen LogP contribution in [-0.4, -0.2) is 21.5 Å². The molecule has 0 fully saturated rings. The Morgan fingerprint density at radius 3 is 2.80 bits per heavy atom. The molecule has 0 spiro atoms. The van der Waals surface area contributed by atoms with Crippen LogP contribution in [0.5, 0.6) is 0 Å². The van der Waals surface area contributed by atoms with Crippen molar-refractivity contribution >= 4 is 0 Å². The van der Waals surface area contributed by atoms with Crippen molar-refractivity contribution in [2.45, 2.75) is 13.3 Å². The molecular weight excluding hydrogens is 128 g/mol. The molecule has 0 aliphatic carbocycles. The Balaban J connectivity index is 2.81. The minimum atomic E-state index is 0.178. The van der Waals surface area contributed by atoms with Crippen LogP contribution in [0.15, 0.2) is 6.20 Å². The molecule has 56 valence electrons. The third-order valence-electron chi connectivity index (χ3n) is 1.46. The van der Waals surface area contributed by atoms with Gasteiger partial charge < -0.3 is 5.11 Å². The van der Waals surface area contributed by atoms with Crippen molar-refractivity contribution in [1.29, 1.82) is 0 Å². The predicted molar refractivity (Wildman–Crippen MR) is 38.7 cm³/mol. The van der Waals surface area contributed by atoms with Gasteiger partial charge in [-0.2, -0.15) is 5.10 Å². The quantitative estimate of drug-likeness (QED) is 0.640. The van der Waals surface area contributed by atoms with Gasteiger partial charge in [0.15, 0.2) is 0 Å². The first-order chi connectivity index (χ1) is 4.74. The first kappa shape index (κ1) is 7.28.